The molecule has 1 aromatic rings. The third-order valence-electron chi connectivity index (χ3n) is 1.90. The fraction of sp³-hybridized carbons (Fsp3) is 0.556. The number of nitrogens with two attached hydrogens (primary N) is 1. The summed E-state index contributed by atoms with van der Waals surface area (Å²) in [5.41, 5.74) is 2.52. The summed E-state index contributed by atoms with van der Waals surface area (Å²) in [6.45, 7) is 3.50. The number of hydrazine groups is 1. The Bertz CT molecular complexity index is 279. The third-order valence-corrected chi connectivity index (χ3v) is 1.90. The van der Waals surface area contributed by atoms with Crippen LogP contribution in [0.1, 0.15) is 25.6 Å². The zero-order valence-electron chi connectivity index (χ0n) is 8.95. The molecule has 5 N–H and O–H groups in total. The Hall–Kier alpha value is -1.56. The highest BCUT2D eigenvalue weighted by Gasteiger charge is 1.96. The fourth-order valence-electron chi connectivity index (χ4n) is 1.07. The van der Waals surface area contributed by atoms with E-state index in [9.17, 15) is 0 Å². The number of imidazole rings is 1. The Kier molecular flexibility index (Phi) is 5.24. The van der Waals surface area contributed by atoms with E-state index in [2.05, 4.69) is 32.6 Å². The zero-order chi connectivity index (χ0) is 10.9. The van der Waals surface area contributed by atoms with Gasteiger partial charge in [0.25, 0.3) is 0 Å². The molecular formula is C9H18N6. The second kappa shape index (κ2) is 6.83. The number of aromatic nitrogens is 2. The summed E-state index contributed by atoms with van der Waals surface area (Å²) < 4.78 is 0. The molecule has 0 fully saturated rings. The second-order valence-electron chi connectivity index (χ2n) is 3.13. The van der Waals surface area contributed by atoms with E-state index in [-0.39, 0.29) is 0 Å². The summed E-state index contributed by atoms with van der Waals surface area (Å²) in [6, 6.07) is 0. The molecule has 0 spiro atoms. The average molecular weight is 210 g/mol. The quantitative estimate of drug-likeness (QED) is 0.183. The molecule has 1 heterocycles. The SMILES string of the molecule is CCCCNC(=NCc1ncc[nH]1)NN. The highest BCUT2D eigenvalue weighted by atomic mass is 15.3. The van der Waals surface area contributed by atoms with Crippen LogP contribution < -0.4 is 16.6 Å². The van der Waals surface area contributed by atoms with Crippen LogP contribution in [-0.4, -0.2) is 22.5 Å². The minimum absolute atomic E-state index is 0.492. The first-order valence-electron chi connectivity index (χ1n) is 5.10. The predicted molar refractivity (Wildman–Crippen MR) is 60.0 cm³/mol. The number of hydrogen-bond acceptors (Lipinski definition) is 3. The van der Waals surface area contributed by atoms with Crippen molar-refractivity contribution in [3.63, 3.8) is 0 Å². The molecule has 1 aromatic heterocycles. The number of aliphatic imine (C=N–C) groups is 1. The van der Waals surface area contributed by atoms with E-state index in [1.54, 1.807) is 12.4 Å². The molecule has 0 bridgehead atoms. The molecule has 0 aliphatic carbocycles. The van der Waals surface area contributed by atoms with Crippen molar-refractivity contribution in [2.75, 3.05) is 6.54 Å². The molecule has 0 aliphatic heterocycles. The van der Waals surface area contributed by atoms with Crippen molar-refractivity contribution in [2.24, 2.45) is 10.8 Å². The molecule has 15 heavy (non-hydrogen) atoms. The fourth-order valence-corrected chi connectivity index (χ4v) is 1.07. The lowest BCUT2D eigenvalue weighted by Gasteiger charge is -2.07. The summed E-state index contributed by atoms with van der Waals surface area (Å²) in [4.78, 5) is 11.3. The van der Waals surface area contributed by atoms with Gasteiger partial charge >= 0.3 is 0 Å². The highest BCUT2D eigenvalue weighted by Crippen LogP contribution is 1.90. The van der Waals surface area contributed by atoms with Gasteiger partial charge in [0.2, 0.25) is 5.96 Å². The van der Waals surface area contributed by atoms with Gasteiger partial charge < -0.3 is 10.3 Å². The lowest BCUT2D eigenvalue weighted by atomic mass is 10.3. The van der Waals surface area contributed by atoms with Gasteiger partial charge in [0, 0.05) is 18.9 Å². The van der Waals surface area contributed by atoms with Crippen LogP contribution >= 0.6 is 0 Å². The number of guanidine groups is 1. The lowest BCUT2D eigenvalue weighted by molar-refractivity contribution is 0.730. The Morgan fingerprint density at radius 3 is 3.13 bits per heavy atom. The summed E-state index contributed by atoms with van der Waals surface area (Å²) in [6.07, 6.45) is 5.71. The van der Waals surface area contributed by atoms with Crippen LogP contribution in [0, 0.1) is 0 Å². The summed E-state index contributed by atoms with van der Waals surface area (Å²) in [5, 5.41) is 3.10. The van der Waals surface area contributed by atoms with Crippen LogP contribution in [0.4, 0.5) is 0 Å². The first-order valence-corrected chi connectivity index (χ1v) is 5.10. The van der Waals surface area contributed by atoms with Crippen LogP contribution in [-0.2, 0) is 6.54 Å². The smallest absolute Gasteiger partial charge is 0.206 e. The van der Waals surface area contributed by atoms with E-state index in [4.69, 9.17) is 5.84 Å². The molecule has 6 nitrogen and oxygen atoms in total. The van der Waals surface area contributed by atoms with E-state index in [0.717, 1.165) is 25.2 Å². The minimum atomic E-state index is 0.492. The van der Waals surface area contributed by atoms with Crippen LogP contribution in [0.3, 0.4) is 0 Å². The van der Waals surface area contributed by atoms with Crippen molar-refractivity contribution >= 4 is 5.96 Å². The van der Waals surface area contributed by atoms with Crippen molar-refractivity contribution in [3.05, 3.63) is 18.2 Å². The maximum absolute atomic E-state index is 5.32. The normalized spacial score (nSPS) is 11.5. The van der Waals surface area contributed by atoms with Gasteiger partial charge in [0.1, 0.15) is 12.4 Å². The third kappa shape index (κ3) is 4.46. The van der Waals surface area contributed by atoms with E-state index in [0.29, 0.717) is 12.5 Å². The Balaban J connectivity index is 2.33. The molecule has 0 saturated heterocycles. The molecular weight excluding hydrogens is 192 g/mol. The molecule has 84 valence electrons. The average Bonchev–Trinajstić information content (AvgIpc) is 2.76. The molecule has 0 unspecified atom stereocenters. The number of unbranched alkanes of at least 4 members (excludes halogenated alkanes) is 1. The molecule has 0 aliphatic rings. The topological polar surface area (TPSA) is 91.1 Å². The molecule has 0 amide bonds. The molecule has 6 heteroatoms. The largest absolute Gasteiger partial charge is 0.355 e. The number of nitrogens with one attached hydrogen (secondary N) is 3. The highest BCUT2D eigenvalue weighted by molar-refractivity contribution is 5.79. The van der Waals surface area contributed by atoms with Crippen LogP contribution in [0.15, 0.2) is 17.4 Å². The van der Waals surface area contributed by atoms with E-state index >= 15 is 0 Å². The second-order valence-corrected chi connectivity index (χ2v) is 3.13. The van der Waals surface area contributed by atoms with Gasteiger partial charge in [-0.1, -0.05) is 13.3 Å². The molecule has 0 aromatic carbocycles. The van der Waals surface area contributed by atoms with Crippen LogP contribution in [0.25, 0.3) is 0 Å². The lowest BCUT2D eigenvalue weighted by Crippen LogP contribution is -2.42. The summed E-state index contributed by atoms with van der Waals surface area (Å²) in [5.74, 6) is 6.74. The minimum Gasteiger partial charge on any atom is -0.355 e. The molecule has 0 radical (unpaired) electrons. The van der Waals surface area contributed by atoms with Gasteiger partial charge in [-0.2, -0.15) is 0 Å². The summed E-state index contributed by atoms with van der Waals surface area (Å²) in [7, 11) is 0. The maximum atomic E-state index is 5.32. The van der Waals surface area contributed by atoms with Crippen LogP contribution in [0.2, 0.25) is 0 Å². The van der Waals surface area contributed by atoms with Crippen molar-refractivity contribution in [1.82, 2.24) is 20.7 Å². The number of H-pyrrole nitrogens is 1. The molecule has 1 rings (SSSR count). The van der Waals surface area contributed by atoms with Gasteiger partial charge in [-0.15, -0.1) is 0 Å². The van der Waals surface area contributed by atoms with Crippen LogP contribution in [0.5, 0.6) is 0 Å². The first kappa shape index (κ1) is 11.5. The maximum Gasteiger partial charge on any atom is 0.206 e. The van der Waals surface area contributed by atoms with Crippen molar-refractivity contribution in [3.8, 4) is 0 Å². The van der Waals surface area contributed by atoms with Gasteiger partial charge in [-0.3, -0.25) is 5.43 Å². The summed E-state index contributed by atoms with van der Waals surface area (Å²) >= 11 is 0. The van der Waals surface area contributed by atoms with Gasteiger partial charge in [-0.05, 0) is 6.42 Å². The Morgan fingerprint density at radius 1 is 1.67 bits per heavy atom. The van der Waals surface area contributed by atoms with Crippen molar-refractivity contribution in [1.29, 1.82) is 0 Å². The monoisotopic (exact) mass is 210 g/mol. The molecule has 0 atom stereocenters. The Morgan fingerprint density at radius 2 is 2.53 bits per heavy atom. The zero-order valence-corrected chi connectivity index (χ0v) is 8.95. The number of hydrogen-bond donors (Lipinski definition) is 4. The van der Waals surface area contributed by atoms with Gasteiger partial charge in [0.15, 0.2) is 0 Å². The van der Waals surface area contributed by atoms with E-state index in [1.165, 1.54) is 0 Å². The predicted octanol–water partition coefficient (Wildman–Crippen LogP) is 0.119. The van der Waals surface area contributed by atoms with Crippen molar-refractivity contribution in [2.45, 2.75) is 26.3 Å². The van der Waals surface area contributed by atoms with Gasteiger partial charge in [0.05, 0.1) is 0 Å². The van der Waals surface area contributed by atoms with Crippen molar-refractivity contribution < 1.29 is 0 Å². The number of rotatable bonds is 5. The standard InChI is InChI=1S/C9H18N6/c1-2-3-4-13-9(15-10)14-7-8-11-5-6-12-8/h5-6H,2-4,7,10H2,1H3,(H,11,12)(H2,13,14,15). The Labute approximate surface area is 89.4 Å². The van der Waals surface area contributed by atoms with E-state index < -0.39 is 0 Å². The molecule has 0 saturated carbocycles. The number of nitrogens with zero attached hydrogens (tertiary/aromatic N) is 2. The first-order chi connectivity index (χ1) is 7.36. The number of aromatic amines is 1. The van der Waals surface area contributed by atoms with Gasteiger partial charge in [-0.25, -0.2) is 15.8 Å². The van der Waals surface area contributed by atoms with E-state index in [1.807, 2.05) is 0 Å².